The Morgan fingerprint density at radius 1 is 1.37 bits per heavy atom. The second-order valence-electron chi connectivity index (χ2n) is 4.74. The molecule has 0 spiro atoms. The highest BCUT2D eigenvalue weighted by Crippen LogP contribution is 2.15. The molecule has 1 aromatic heterocycles. The lowest BCUT2D eigenvalue weighted by molar-refractivity contribution is 0.775. The summed E-state index contributed by atoms with van der Waals surface area (Å²) in [5, 5.41) is 4.16. The van der Waals surface area contributed by atoms with E-state index in [1.807, 2.05) is 25.1 Å². The molecular weight excluding hydrogens is 258 g/mol. The zero-order valence-electron chi connectivity index (χ0n) is 11.5. The minimum absolute atomic E-state index is 0.773. The molecule has 4 heteroatoms. The van der Waals surface area contributed by atoms with Crippen molar-refractivity contribution in [2.45, 2.75) is 33.2 Å². The molecule has 0 unspecified atom stereocenters. The van der Waals surface area contributed by atoms with Gasteiger partial charge in [0.15, 0.2) is 0 Å². The number of benzene rings is 1. The lowest BCUT2D eigenvalue weighted by Crippen LogP contribution is -2.09. The molecule has 0 fully saturated rings. The quantitative estimate of drug-likeness (QED) is 0.806. The van der Waals surface area contributed by atoms with Gasteiger partial charge in [-0.05, 0) is 31.0 Å². The fourth-order valence-electron chi connectivity index (χ4n) is 2.02. The van der Waals surface area contributed by atoms with Gasteiger partial charge in [0, 0.05) is 17.8 Å². The Labute approximate surface area is 119 Å². The van der Waals surface area contributed by atoms with Crippen molar-refractivity contribution in [3.05, 3.63) is 46.7 Å². The molecule has 0 amide bonds. The van der Waals surface area contributed by atoms with Gasteiger partial charge in [0.25, 0.3) is 0 Å². The third-order valence-corrected chi connectivity index (χ3v) is 3.19. The second kappa shape index (κ2) is 6.62. The molecule has 0 atom stereocenters. The van der Waals surface area contributed by atoms with Crippen LogP contribution in [0, 0.1) is 6.92 Å². The first kappa shape index (κ1) is 13.9. The highest BCUT2D eigenvalue weighted by molar-refractivity contribution is 6.30. The average molecular weight is 278 g/mol. The molecule has 1 heterocycles. The van der Waals surface area contributed by atoms with Gasteiger partial charge in [0.2, 0.25) is 5.95 Å². The van der Waals surface area contributed by atoms with Gasteiger partial charge in [-0.15, -0.1) is 0 Å². The molecular formula is C15H20ClN3. The largest absolute Gasteiger partial charge is 0.356 e. The van der Waals surface area contributed by atoms with E-state index >= 15 is 0 Å². The molecule has 2 aromatic rings. The topological polar surface area (TPSA) is 29.9 Å². The summed E-state index contributed by atoms with van der Waals surface area (Å²) < 4.78 is 2.14. The normalized spacial score (nSPS) is 10.7. The number of nitrogens with one attached hydrogen (secondary N) is 1. The van der Waals surface area contributed by atoms with Crippen LogP contribution < -0.4 is 5.32 Å². The molecule has 0 saturated heterocycles. The number of halogens is 1. The molecule has 2 rings (SSSR count). The fraction of sp³-hybridized carbons (Fsp3) is 0.400. The second-order valence-corrected chi connectivity index (χ2v) is 5.18. The zero-order valence-corrected chi connectivity index (χ0v) is 12.2. The summed E-state index contributed by atoms with van der Waals surface area (Å²) in [4.78, 5) is 4.52. The summed E-state index contributed by atoms with van der Waals surface area (Å²) in [6.07, 6.45) is 4.40. The predicted molar refractivity (Wildman–Crippen MR) is 80.9 cm³/mol. The number of rotatable bonds is 6. The molecule has 1 aromatic carbocycles. The smallest absolute Gasteiger partial charge is 0.203 e. The van der Waals surface area contributed by atoms with Crippen LogP contribution in [0.4, 0.5) is 5.95 Å². The first-order chi connectivity index (χ1) is 9.19. The van der Waals surface area contributed by atoms with Crippen molar-refractivity contribution < 1.29 is 0 Å². The number of nitrogens with zero attached hydrogens (tertiary/aromatic N) is 2. The molecule has 0 aliphatic rings. The first-order valence-electron chi connectivity index (χ1n) is 6.71. The lowest BCUT2D eigenvalue weighted by atomic mass is 10.2. The van der Waals surface area contributed by atoms with Crippen LogP contribution >= 0.6 is 11.6 Å². The fourth-order valence-corrected chi connectivity index (χ4v) is 2.23. The standard InChI is InChI=1S/C15H20ClN3/c1-3-4-8-17-15-18-12(2)10-19(15)11-13-6-5-7-14(16)9-13/h5-7,9-10H,3-4,8,11H2,1-2H3,(H,17,18). The number of aromatic nitrogens is 2. The van der Waals surface area contributed by atoms with Crippen molar-refractivity contribution in [1.29, 1.82) is 0 Å². The van der Waals surface area contributed by atoms with Crippen LogP contribution in [0.25, 0.3) is 0 Å². The maximum atomic E-state index is 6.02. The molecule has 0 saturated carbocycles. The van der Waals surface area contributed by atoms with Crippen LogP contribution in [0.1, 0.15) is 31.0 Å². The highest BCUT2D eigenvalue weighted by atomic mass is 35.5. The van der Waals surface area contributed by atoms with Gasteiger partial charge in [-0.2, -0.15) is 0 Å². The van der Waals surface area contributed by atoms with Crippen LogP contribution in [0.3, 0.4) is 0 Å². The van der Waals surface area contributed by atoms with Crippen LogP contribution in [0.15, 0.2) is 30.5 Å². The number of unbranched alkanes of at least 4 members (excludes halogenated alkanes) is 1. The van der Waals surface area contributed by atoms with Crippen LogP contribution in [0.2, 0.25) is 5.02 Å². The van der Waals surface area contributed by atoms with E-state index in [9.17, 15) is 0 Å². The Morgan fingerprint density at radius 3 is 2.95 bits per heavy atom. The van der Waals surface area contributed by atoms with Gasteiger partial charge in [0.05, 0.1) is 12.2 Å². The van der Waals surface area contributed by atoms with E-state index < -0.39 is 0 Å². The minimum atomic E-state index is 0.773. The molecule has 1 N–H and O–H groups in total. The number of aryl methyl sites for hydroxylation is 1. The van der Waals surface area contributed by atoms with Gasteiger partial charge in [0.1, 0.15) is 0 Å². The summed E-state index contributed by atoms with van der Waals surface area (Å²) in [6, 6.07) is 7.94. The van der Waals surface area contributed by atoms with E-state index in [1.165, 1.54) is 12.0 Å². The summed E-state index contributed by atoms with van der Waals surface area (Å²) in [6.45, 7) is 5.95. The van der Waals surface area contributed by atoms with Crippen molar-refractivity contribution in [3.8, 4) is 0 Å². The zero-order chi connectivity index (χ0) is 13.7. The van der Waals surface area contributed by atoms with Crippen LogP contribution in [-0.4, -0.2) is 16.1 Å². The molecule has 0 radical (unpaired) electrons. The van der Waals surface area contributed by atoms with E-state index in [2.05, 4.69) is 34.1 Å². The number of imidazole rings is 1. The number of hydrogen-bond donors (Lipinski definition) is 1. The molecule has 3 nitrogen and oxygen atoms in total. The molecule has 102 valence electrons. The van der Waals surface area contributed by atoms with Crippen molar-refractivity contribution >= 4 is 17.5 Å². The Balaban J connectivity index is 2.10. The van der Waals surface area contributed by atoms with Gasteiger partial charge < -0.3 is 9.88 Å². The molecule has 19 heavy (non-hydrogen) atoms. The van der Waals surface area contributed by atoms with Gasteiger partial charge in [-0.1, -0.05) is 37.1 Å². The number of hydrogen-bond acceptors (Lipinski definition) is 2. The lowest BCUT2D eigenvalue weighted by Gasteiger charge is -2.09. The Morgan fingerprint density at radius 2 is 2.21 bits per heavy atom. The van der Waals surface area contributed by atoms with E-state index in [1.54, 1.807) is 0 Å². The van der Waals surface area contributed by atoms with E-state index in [4.69, 9.17) is 11.6 Å². The van der Waals surface area contributed by atoms with Crippen molar-refractivity contribution in [1.82, 2.24) is 9.55 Å². The van der Waals surface area contributed by atoms with Gasteiger partial charge >= 0.3 is 0 Å². The monoisotopic (exact) mass is 277 g/mol. The van der Waals surface area contributed by atoms with Crippen molar-refractivity contribution in [2.24, 2.45) is 0 Å². The maximum Gasteiger partial charge on any atom is 0.203 e. The summed E-state index contributed by atoms with van der Waals surface area (Å²) in [5.41, 5.74) is 2.21. The van der Waals surface area contributed by atoms with Crippen molar-refractivity contribution in [3.63, 3.8) is 0 Å². The van der Waals surface area contributed by atoms with E-state index in [-0.39, 0.29) is 0 Å². The number of anilines is 1. The Hall–Kier alpha value is -1.48. The van der Waals surface area contributed by atoms with Gasteiger partial charge in [-0.25, -0.2) is 4.98 Å². The van der Waals surface area contributed by atoms with Crippen molar-refractivity contribution in [2.75, 3.05) is 11.9 Å². The summed E-state index contributed by atoms with van der Waals surface area (Å²) in [5.74, 6) is 0.936. The minimum Gasteiger partial charge on any atom is -0.356 e. The highest BCUT2D eigenvalue weighted by Gasteiger charge is 2.05. The Bertz CT molecular complexity index is 534. The van der Waals surface area contributed by atoms with Crippen LogP contribution in [-0.2, 0) is 6.54 Å². The summed E-state index contributed by atoms with van der Waals surface area (Å²) >= 11 is 6.02. The molecule has 0 bridgehead atoms. The summed E-state index contributed by atoms with van der Waals surface area (Å²) in [7, 11) is 0. The van der Waals surface area contributed by atoms with Gasteiger partial charge in [-0.3, -0.25) is 0 Å². The molecule has 0 aliphatic heterocycles. The molecule has 0 aliphatic carbocycles. The Kier molecular flexibility index (Phi) is 4.86. The third-order valence-electron chi connectivity index (χ3n) is 2.95. The van der Waals surface area contributed by atoms with Crippen LogP contribution in [0.5, 0.6) is 0 Å². The average Bonchev–Trinajstić information content (AvgIpc) is 2.70. The third kappa shape index (κ3) is 4.00. The van der Waals surface area contributed by atoms with E-state index in [0.717, 1.165) is 36.2 Å². The first-order valence-corrected chi connectivity index (χ1v) is 7.09. The maximum absolute atomic E-state index is 6.02. The predicted octanol–water partition coefficient (Wildman–Crippen LogP) is 4.11. The van der Waals surface area contributed by atoms with E-state index in [0.29, 0.717) is 0 Å². The SMILES string of the molecule is CCCCNc1nc(C)cn1Cc1cccc(Cl)c1.